The first-order valence-corrected chi connectivity index (χ1v) is 6.74. The fourth-order valence-corrected chi connectivity index (χ4v) is 2.31. The van der Waals surface area contributed by atoms with Crippen molar-refractivity contribution in [1.82, 2.24) is 4.41 Å². The third-order valence-electron chi connectivity index (χ3n) is 2.28. The van der Waals surface area contributed by atoms with Crippen LogP contribution in [0.4, 0.5) is 9.59 Å². The topological polar surface area (TPSA) is 125 Å². The molecule has 0 radical (unpaired) electrons. The molecule has 2 rings (SSSR count). The predicted molar refractivity (Wildman–Crippen MR) is 62.4 cm³/mol. The van der Waals surface area contributed by atoms with Gasteiger partial charge in [-0.05, 0) is 12.1 Å². The van der Waals surface area contributed by atoms with E-state index in [1.165, 1.54) is 24.3 Å². The molecule has 0 aliphatic carbocycles. The fourth-order valence-electron chi connectivity index (χ4n) is 1.34. The van der Waals surface area contributed by atoms with Crippen molar-refractivity contribution in [2.45, 2.75) is 11.2 Å². The van der Waals surface area contributed by atoms with E-state index in [1.54, 1.807) is 6.07 Å². The molecule has 1 aliphatic rings. The van der Waals surface area contributed by atoms with Gasteiger partial charge in [-0.3, -0.25) is 0 Å². The summed E-state index contributed by atoms with van der Waals surface area (Å²) in [5, 5.41) is 0. The van der Waals surface area contributed by atoms with Crippen LogP contribution in [0.15, 0.2) is 35.2 Å². The maximum absolute atomic E-state index is 12.0. The largest absolute Gasteiger partial charge is 0.511 e. The number of nitrogens with zero attached hydrogens (tertiary/aromatic N) is 1. The van der Waals surface area contributed by atoms with Gasteiger partial charge >= 0.3 is 12.2 Å². The first-order chi connectivity index (χ1) is 9.41. The monoisotopic (exact) mass is 302 g/mol. The van der Waals surface area contributed by atoms with Gasteiger partial charge in [-0.2, -0.15) is 8.42 Å². The molecule has 0 bridgehead atoms. The van der Waals surface area contributed by atoms with Gasteiger partial charge in [0.05, 0.1) is 4.90 Å². The Hall–Kier alpha value is -2.33. The van der Waals surface area contributed by atoms with E-state index in [1.807, 2.05) is 0 Å². The van der Waals surface area contributed by atoms with Crippen LogP contribution in [-0.2, 0) is 24.2 Å². The van der Waals surface area contributed by atoms with Crippen molar-refractivity contribution in [3.05, 3.63) is 30.3 Å². The lowest BCUT2D eigenvalue weighted by atomic mass is 10.4. The van der Waals surface area contributed by atoms with Crippen LogP contribution in [0, 0.1) is 0 Å². The standard InChI is InChI=1S/C10H10N2O7S/c11-12(9(13)18-8-6-17-10(14)19-8)20(15,16)7-4-2-1-3-5-7/h1-5,8H,6,11H2. The highest BCUT2D eigenvalue weighted by atomic mass is 32.2. The van der Waals surface area contributed by atoms with Gasteiger partial charge in [0.15, 0.2) is 6.61 Å². The van der Waals surface area contributed by atoms with Crippen LogP contribution in [0.25, 0.3) is 0 Å². The summed E-state index contributed by atoms with van der Waals surface area (Å²) >= 11 is 0. The molecule has 0 saturated carbocycles. The summed E-state index contributed by atoms with van der Waals surface area (Å²) in [6.45, 7) is -0.330. The molecule has 20 heavy (non-hydrogen) atoms. The van der Waals surface area contributed by atoms with Crippen LogP contribution >= 0.6 is 0 Å². The van der Waals surface area contributed by atoms with Gasteiger partial charge in [0.2, 0.25) is 0 Å². The second-order valence-corrected chi connectivity index (χ2v) is 5.42. The Labute approximate surface area is 113 Å². The number of cyclic esters (lactones) is 2. The third-order valence-corrected chi connectivity index (χ3v) is 3.81. The van der Waals surface area contributed by atoms with Crippen molar-refractivity contribution in [1.29, 1.82) is 0 Å². The number of hydrazine groups is 1. The molecule has 1 aromatic rings. The lowest BCUT2D eigenvalue weighted by Crippen LogP contribution is -2.44. The predicted octanol–water partition coefficient (Wildman–Crippen LogP) is 0.180. The zero-order valence-electron chi connectivity index (χ0n) is 9.96. The van der Waals surface area contributed by atoms with E-state index in [9.17, 15) is 18.0 Å². The molecule has 1 atom stereocenters. The van der Waals surface area contributed by atoms with Crippen LogP contribution in [0.2, 0.25) is 0 Å². The second-order valence-electron chi connectivity index (χ2n) is 3.61. The molecule has 1 heterocycles. The normalized spacial score (nSPS) is 18.1. The fraction of sp³-hybridized carbons (Fsp3) is 0.200. The van der Waals surface area contributed by atoms with E-state index >= 15 is 0 Å². The summed E-state index contributed by atoms with van der Waals surface area (Å²) in [5.41, 5.74) is 0. The SMILES string of the molecule is NN(C(=O)OC1COC(=O)O1)S(=O)(=O)c1ccccc1. The molecule has 108 valence electrons. The van der Waals surface area contributed by atoms with Gasteiger partial charge in [0, 0.05) is 0 Å². The van der Waals surface area contributed by atoms with Gasteiger partial charge in [0.25, 0.3) is 16.3 Å². The first-order valence-electron chi connectivity index (χ1n) is 5.30. The number of ether oxygens (including phenoxy) is 3. The second kappa shape index (κ2) is 5.35. The van der Waals surface area contributed by atoms with Gasteiger partial charge in [-0.15, -0.1) is 4.41 Å². The molecule has 1 unspecified atom stereocenters. The summed E-state index contributed by atoms with van der Waals surface area (Å²) in [4.78, 5) is 22.0. The number of amides is 1. The van der Waals surface area contributed by atoms with E-state index in [4.69, 9.17) is 5.84 Å². The zero-order chi connectivity index (χ0) is 14.8. The first kappa shape index (κ1) is 14.1. The number of sulfonamides is 1. The summed E-state index contributed by atoms with van der Waals surface area (Å²) < 4.78 is 37.2. The minimum atomic E-state index is -4.24. The highest BCUT2D eigenvalue weighted by Gasteiger charge is 2.34. The lowest BCUT2D eigenvalue weighted by Gasteiger charge is -2.17. The number of rotatable bonds is 3. The number of carbonyl (C=O) groups excluding carboxylic acids is 2. The number of carbonyl (C=O) groups is 2. The van der Waals surface area contributed by atoms with Gasteiger partial charge in [0.1, 0.15) is 0 Å². The number of benzene rings is 1. The van der Waals surface area contributed by atoms with Gasteiger partial charge in [-0.25, -0.2) is 15.4 Å². The van der Waals surface area contributed by atoms with Crippen molar-refractivity contribution >= 4 is 22.3 Å². The van der Waals surface area contributed by atoms with Gasteiger partial charge < -0.3 is 14.2 Å². The Bertz CT molecular complexity index is 616. The summed E-state index contributed by atoms with van der Waals surface area (Å²) in [7, 11) is -4.24. The van der Waals surface area contributed by atoms with Crippen LogP contribution in [0.3, 0.4) is 0 Å². The number of hydrogen-bond acceptors (Lipinski definition) is 8. The highest BCUT2D eigenvalue weighted by molar-refractivity contribution is 7.89. The molecule has 9 nitrogen and oxygen atoms in total. The maximum atomic E-state index is 12.0. The van der Waals surface area contributed by atoms with Crippen LogP contribution in [0.1, 0.15) is 0 Å². The Balaban J connectivity index is 2.08. The summed E-state index contributed by atoms with van der Waals surface area (Å²) in [6, 6.07) is 7.08. The van der Waals surface area contributed by atoms with Crippen molar-refractivity contribution in [3.63, 3.8) is 0 Å². The van der Waals surface area contributed by atoms with Crippen molar-refractivity contribution in [2.75, 3.05) is 6.61 Å². The smallest absolute Gasteiger partial charge is 0.426 e. The van der Waals surface area contributed by atoms with Crippen LogP contribution in [0.5, 0.6) is 0 Å². The third kappa shape index (κ3) is 2.81. The molecule has 0 spiro atoms. The molecule has 1 saturated heterocycles. The Morgan fingerprint density at radius 1 is 1.35 bits per heavy atom. The molecule has 1 amide bonds. The van der Waals surface area contributed by atoms with Crippen molar-refractivity contribution < 1.29 is 32.2 Å². The van der Waals surface area contributed by atoms with Crippen molar-refractivity contribution in [3.8, 4) is 0 Å². The molecule has 10 heteroatoms. The van der Waals surface area contributed by atoms with Crippen LogP contribution in [-0.4, -0.2) is 38.0 Å². The molecule has 0 aromatic heterocycles. The van der Waals surface area contributed by atoms with Crippen LogP contribution < -0.4 is 5.84 Å². The molecule has 1 aromatic carbocycles. The average molecular weight is 302 g/mol. The molecular formula is C10H10N2O7S. The Morgan fingerprint density at radius 2 is 2.00 bits per heavy atom. The number of hydrogen-bond donors (Lipinski definition) is 1. The van der Waals surface area contributed by atoms with E-state index in [0.29, 0.717) is 0 Å². The lowest BCUT2D eigenvalue weighted by molar-refractivity contribution is -0.0374. The summed E-state index contributed by atoms with van der Waals surface area (Å²) in [6.07, 6.45) is -3.73. The average Bonchev–Trinajstić information content (AvgIpc) is 2.84. The quantitative estimate of drug-likeness (QED) is 0.363. The van der Waals surface area contributed by atoms with Gasteiger partial charge in [-0.1, -0.05) is 18.2 Å². The Kier molecular flexibility index (Phi) is 3.77. The van der Waals surface area contributed by atoms with E-state index in [2.05, 4.69) is 14.2 Å². The molecule has 2 N–H and O–H groups in total. The molecular weight excluding hydrogens is 292 g/mol. The van der Waals surface area contributed by atoms with E-state index in [-0.39, 0.29) is 15.9 Å². The maximum Gasteiger partial charge on any atom is 0.511 e. The molecule has 1 fully saturated rings. The zero-order valence-corrected chi connectivity index (χ0v) is 10.8. The molecule has 1 aliphatic heterocycles. The minimum absolute atomic E-state index is 0.0749. The Morgan fingerprint density at radius 3 is 2.55 bits per heavy atom. The van der Waals surface area contributed by atoms with E-state index in [0.717, 1.165) is 0 Å². The highest BCUT2D eigenvalue weighted by Crippen LogP contribution is 2.15. The van der Waals surface area contributed by atoms with Crippen molar-refractivity contribution in [2.24, 2.45) is 5.84 Å². The summed E-state index contributed by atoms with van der Waals surface area (Å²) in [5.74, 6) is 5.23. The number of nitrogens with two attached hydrogens (primary N) is 1. The minimum Gasteiger partial charge on any atom is -0.426 e. The van der Waals surface area contributed by atoms with E-state index < -0.39 is 28.6 Å².